The van der Waals surface area contributed by atoms with Crippen molar-refractivity contribution in [2.24, 2.45) is 0 Å². The van der Waals surface area contributed by atoms with Gasteiger partial charge in [0.1, 0.15) is 17.6 Å². The number of phenolic OH excluding ortho intramolecular Hbond substituents is 3. The van der Waals surface area contributed by atoms with E-state index in [4.69, 9.17) is 9.84 Å². The van der Waals surface area contributed by atoms with Crippen molar-refractivity contribution < 1.29 is 30.0 Å². The first-order chi connectivity index (χ1) is 12.4. The number of carbonyl (C=O) groups excluding carboxylic acids is 1. The molecule has 0 aliphatic carbocycles. The number of aromatic hydroxyl groups is 3. The lowest BCUT2D eigenvalue weighted by atomic mass is 9.93. The summed E-state index contributed by atoms with van der Waals surface area (Å²) < 4.78 is 6.00. The van der Waals surface area contributed by atoms with Crippen molar-refractivity contribution in [2.45, 2.75) is 25.9 Å². The summed E-state index contributed by atoms with van der Waals surface area (Å²) in [6.07, 6.45) is 1.53. The molecule has 4 N–H and O–H groups in total. The Balaban J connectivity index is 2.00. The first kappa shape index (κ1) is 17.8. The summed E-state index contributed by atoms with van der Waals surface area (Å²) >= 11 is 0. The van der Waals surface area contributed by atoms with Crippen LogP contribution in [0.15, 0.2) is 42.0 Å². The van der Waals surface area contributed by atoms with Gasteiger partial charge in [0.05, 0.1) is 18.6 Å². The zero-order valence-corrected chi connectivity index (χ0v) is 14.3. The van der Waals surface area contributed by atoms with Gasteiger partial charge in [-0.1, -0.05) is 17.7 Å². The van der Waals surface area contributed by atoms with Crippen LogP contribution < -0.4 is 4.74 Å². The van der Waals surface area contributed by atoms with Crippen molar-refractivity contribution >= 4 is 5.78 Å². The van der Waals surface area contributed by atoms with E-state index < -0.39 is 6.10 Å². The van der Waals surface area contributed by atoms with Crippen LogP contribution in [0.25, 0.3) is 0 Å². The summed E-state index contributed by atoms with van der Waals surface area (Å²) in [6, 6.07) is 7.27. The van der Waals surface area contributed by atoms with Gasteiger partial charge in [-0.15, -0.1) is 0 Å². The number of hydrogen-bond acceptors (Lipinski definition) is 6. The largest absolute Gasteiger partial charge is 0.508 e. The smallest absolute Gasteiger partial charge is 0.170 e. The fourth-order valence-corrected chi connectivity index (χ4v) is 2.90. The molecular weight excluding hydrogens is 336 g/mol. The number of fused-ring (bicyclic) bond motifs is 1. The van der Waals surface area contributed by atoms with Gasteiger partial charge in [0.15, 0.2) is 17.3 Å². The highest BCUT2D eigenvalue weighted by atomic mass is 16.5. The maximum atomic E-state index is 12.6. The molecule has 6 heteroatoms. The van der Waals surface area contributed by atoms with Crippen LogP contribution in [0.5, 0.6) is 23.0 Å². The Morgan fingerprint density at radius 3 is 2.58 bits per heavy atom. The number of ether oxygens (including phenoxy) is 1. The molecule has 0 saturated carbocycles. The molecule has 1 heterocycles. The van der Waals surface area contributed by atoms with Gasteiger partial charge < -0.3 is 25.2 Å². The summed E-state index contributed by atoms with van der Waals surface area (Å²) in [7, 11) is 0. The van der Waals surface area contributed by atoms with Crippen LogP contribution in [-0.2, 0) is 6.42 Å². The first-order valence-corrected chi connectivity index (χ1v) is 8.23. The molecule has 3 rings (SSSR count). The van der Waals surface area contributed by atoms with E-state index in [0.29, 0.717) is 28.9 Å². The number of phenols is 3. The van der Waals surface area contributed by atoms with Crippen LogP contribution in [-0.4, -0.2) is 32.8 Å². The molecule has 26 heavy (non-hydrogen) atoms. The molecule has 136 valence electrons. The molecule has 1 unspecified atom stereocenters. The summed E-state index contributed by atoms with van der Waals surface area (Å²) in [5.41, 5.74) is 2.16. The maximum absolute atomic E-state index is 12.6. The fraction of sp³-hybridized carbons (Fsp3) is 0.250. The number of aliphatic hydroxyl groups excluding tert-OH is 1. The van der Waals surface area contributed by atoms with Crippen molar-refractivity contribution in [2.75, 3.05) is 6.61 Å². The third kappa shape index (κ3) is 3.36. The molecule has 0 amide bonds. The van der Waals surface area contributed by atoms with Crippen LogP contribution in [0.1, 0.15) is 40.9 Å². The lowest BCUT2D eigenvalue weighted by Gasteiger charge is -2.28. The topological polar surface area (TPSA) is 107 Å². The maximum Gasteiger partial charge on any atom is 0.170 e. The average Bonchev–Trinajstić information content (AvgIpc) is 2.62. The van der Waals surface area contributed by atoms with Crippen molar-refractivity contribution in [3.8, 4) is 23.0 Å². The number of benzene rings is 2. The molecule has 1 aliphatic heterocycles. The van der Waals surface area contributed by atoms with E-state index in [9.17, 15) is 20.1 Å². The Morgan fingerprint density at radius 1 is 1.15 bits per heavy atom. The van der Waals surface area contributed by atoms with E-state index in [1.54, 1.807) is 19.1 Å². The molecule has 1 atom stereocenters. The summed E-state index contributed by atoms with van der Waals surface area (Å²) in [6.45, 7) is 1.67. The highest BCUT2D eigenvalue weighted by Crippen LogP contribution is 2.42. The summed E-state index contributed by atoms with van der Waals surface area (Å²) in [5.74, 6) is -0.359. The molecule has 0 fully saturated rings. The van der Waals surface area contributed by atoms with E-state index in [1.165, 1.54) is 24.3 Å². The Hall–Kier alpha value is -2.99. The van der Waals surface area contributed by atoms with Crippen molar-refractivity contribution in [3.63, 3.8) is 0 Å². The van der Waals surface area contributed by atoms with E-state index in [2.05, 4.69) is 0 Å². The van der Waals surface area contributed by atoms with E-state index in [1.807, 2.05) is 0 Å². The van der Waals surface area contributed by atoms with Crippen LogP contribution in [0, 0.1) is 0 Å². The van der Waals surface area contributed by atoms with Gasteiger partial charge in [-0.3, -0.25) is 4.79 Å². The minimum Gasteiger partial charge on any atom is -0.508 e. The molecule has 0 saturated heterocycles. The second kappa shape index (κ2) is 7.09. The van der Waals surface area contributed by atoms with Gasteiger partial charge in [0.25, 0.3) is 0 Å². The monoisotopic (exact) mass is 356 g/mol. The van der Waals surface area contributed by atoms with Crippen LogP contribution in [0.4, 0.5) is 0 Å². The number of allylic oxidation sites excluding steroid dienone is 1. The zero-order valence-electron chi connectivity index (χ0n) is 14.3. The van der Waals surface area contributed by atoms with Crippen molar-refractivity contribution in [1.82, 2.24) is 0 Å². The highest BCUT2D eigenvalue weighted by molar-refractivity contribution is 6.00. The molecule has 0 spiro atoms. The normalized spacial score (nSPS) is 16.9. The van der Waals surface area contributed by atoms with Gasteiger partial charge in [-0.25, -0.2) is 0 Å². The van der Waals surface area contributed by atoms with Crippen molar-refractivity contribution in [1.29, 1.82) is 0 Å². The lowest BCUT2D eigenvalue weighted by molar-refractivity contribution is 0.0847. The quantitative estimate of drug-likeness (QED) is 0.496. The Morgan fingerprint density at radius 2 is 1.88 bits per heavy atom. The number of Topliss-reactive ketones (excluding diaryl/α,β-unsaturated/α-hetero) is 1. The second-order valence-corrected chi connectivity index (χ2v) is 6.33. The summed E-state index contributed by atoms with van der Waals surface area (Å²) in [4.78, 5) is 12.6. The van der Waals surface area contributed by atoms with Crippen LogP contribution in [0.3, 0.4) is 0 Å². The molecule has 1 aliphatic rings. The SMILES string of the molecule is CC(=CCc1c(O)ccc2c1OC(c1ccc(O)c(O)c1)CC2=O)CO. The lowest BCUT2D eigenvalue weighted by Crippen LogP contribution is -2.21. The minimum atomic E-state index is -0.634. The average molecular weight is 356 g/mol. The van der Waals surface area contributed by atoms with Gasteiger partial charge in [-0.05, 0) is 43.2 Å². The molecule has 0 aromatic heterocycles. The zero-order chi connectivity index (χ0) is 18.8. The first-order valence-electron chi connectivity index (χ1n) is 8.23. The number of ketones is 1. The predicted octanol–water partition coefficient (Wildman–Crippen LogP) is 2.99. The van der Waals surface area contributed by atoms with E-state index >= 15 is 0 Å². The Kier molecular flexibility index (Phi) is 4.86. The number of rotatable bonds is 4. The molecular formula is C20H20O6. The van der Waals surface area contributed by atoms with E-state index in [0.717, 1.165) is 5.57 Å². The summed E-state index contributed by atoms with van der Waals surface area (Å²) in [5, 5.41) is 38.5. The molecule has 0 radical (unpaired) electrons. The Labute approximate surface area is 150 Å². The standard InChI is InChI=1S/C20H20O6/c1-11(10-21)2-4-13-15(22)7-5-14-17(24)9-19(26-20(13)14)12-3-6-16(23)18(25)8-12/h2-3,5-8,19,21-23,25H,4,9-10H2,1H3. The van der Waals surface area contributed by atoms with Gasteiger partial charge in [0.2, 0.25) is 0 Å². The van der Waals surface area contributed by atoms with Crippen LogP contribution >= 0.6 is 0 Å². The van der Waals surface area contributed by atoms with Crippen LogP contribution in [0.2, 0.25) is 0 Å². The predicted molar refractivity (Wildman–Crippen MR) is 94.7 cm³/mol. The van der Waals surface area contributed by atoms with Crippen molar-refractivity contribution in [3.05, 3.63) is 58.7 Å². The highest BCUT2D eigenvalue weighted by Gasteiger charge is 2.30. The third-order valence-corrected chi connectivity index (χ3v) is 4.44. The van der Waals surface area contributed by atoms with E-state index in [-0.39, 0.29) is 36.1 Å². The Bertz CT molecular complexity index is 884. The number of carbonyl (C=O) groups is 1. The number of aliphatic hydroxyl groups is 1. The fourth-order valence-electron chi connectivity index (χ4n) is 2.90. The van der Waals surface area contributed by atoms with Gasteiger partial charge in [-0.2, -0.15) is 0 Å². The molecule has 2 aromatic rings. The van der Waals surface area contributed by atoms with Gasteiger partial charge >= 0.3 is 0 Å². The number of hydrogen-bond donors (Lipinski definition) is 4. The van der Waals surface area contributed by atoms with Gasteiger partial charge in [0, 0.05) is 5.56 Å². The molecule has 0 bridgehead atoms. The second-order valence-electron chi connectivity index (χ2n) is 6.33. The molecule has 6 nitrogen and oxygen atoms in total. The minimum absolute atomic E-state index is 0.00717. The third-order valence-electron chi connectivity index (χ3n) is 4.44. The molecule has 2 aromatic carbocycles.